The fraction of sp³-hybridized carbons (Fsp3) is 0.636. The number of alkyl carbamates (subject to hydrolysis) is 1. The predicted molar refractivity (Wildman–Crippen MR) is 59.6 cm³/mol. The SMILES string of the molecule is C=C[C@@H]1CC(C(NC(=O)OC)C(=O)O)CCO1. The van der Waals surface area contributed by atoms with Gasteiger partial charge >= 0.3 is 12.1 Å². The van der Waals surface area contributed by atoms with Crippen molar-refractivity contribution in [3.05, 3.63) is 12.7 Å². The van der Waals surface area contributed by atoms with Crippen molar-refractivity contribution >= 4 is 12.1 Å². The van der Waals surface area contributed by atoms with E-state index in [2.05, 4.69) is 16.6 Å². The molecule has 0 radical (unpaired) electrons. The van der Waals surface area contributed by atoms with Crippen LogP contribution in [0.25, 0.3) is 0 Å². The first-order valence-corrected chi connectivity index (χ1v) is 5.40. The molecular formula is C11H17NO5. The summed E-state index contributed by atoms with van der Waals surface area (Å²) < 4.78 is 9.77. The number of carbonyl (C=O) groups is 2. The zero-order valence-corrected chi connectivity index (χ0v) is 9.72. The summed E-state index contributed by atoms with van der Waals surface area (Å²) in [4.78, 5) is 22.2. The number of rotatable bonds is 4. The highest BCUT2D eigenvalue weighted by Gasteiger charge is 2.33. The first-order chi connectivity index (χ1) is 8.08. The standard InChI is InChI=1S/C11H17NO5/c1-3-8-6-7(4-5-17-8)9(10(13)14)12-11(15)16-2/h3,7-9H,1,4-6H2,2H3,(H,12,15)(H,13,14)/t7?,8-,9?/m1/s1. The van der Waals surface area contributed by atoms with Crippen LogP contribution in [0.2, 0.25) is 0 Å². The minimum Gasteiger partial charge on any atom is -0.480 e. The van der Waals surface area contributed by atoms with Gasteiger partial charge in [0.2, 0.25) is 0 Å². The zero-order chi connectivity index (χ0) is 12.8. The summed E-state index contributed by atoms with van der Waals surface area (Å²) in [5.74, 6) is -1.24. The van der Waals surface area contributed by atoms with Crippen LogP contribution < -0.4 is 5.32 Å². The molecule has 2 unspecified atom stereocenters. The quantitative estimate of drug-likeness (QED) is 0.713. The molecule has 1 heterocycles. The third kappa shape index (κ3) is 3.74. The Kier molecular flexibility index (Phi) is 4.96. The number of carbonyl (C=O) groups excluding carboxylic acids is 1. The van der Waals surface area contributed by atoms with Crippen LogP contribution in [0.15, 0.2) is 12.7 Å². The Labute approximate surface area is 99.6 Å². The molecule has 0 saturated carbocycles. The first kappa shape index (κ1) is 13.5. The van der Waals surface area contributed by atoms with E-state index in [1.54, 1.807) is 6.08 Å². The highest BCUT2D eigenvalue weighted by Crippen LogP contribution is 2.24. The second kappa shape index (κ2) is 6.24. The summed E-state index contributed by atoms with van der Waals surface area (Å²) >= 11 is 0. The van der Waals surface area contributed by atoms with Gasteiger partial charge in [-0.2, -0.15) is 0 Å². The molecule has 1 saturated heterocycles. The molecule has 0 aromatic rings. The monoisotopic (exact) mass is 243 g/mol. The highest BCUT2D eigenvalue weighted by atomic mass is 16.5. The van der Waals surface area contributed by atoms with Gasteiger partial charge in [-0.3, -0.25) is 0 Å². The van der Waals surface area contributed by atoms with Crippen LogP contribution in [-0.2, 0) is 14.3 Å². The Hall–Kier alpha value is -1.56. The number of hydrogen-bond donors (Lipinski definition) is 2. The average Bonchev–Trinajstić information content (AvgIpc) is 2.35. The summed E-state index contributed by atoms with van der Waals surface area (Å²) in [5, 5.41) is 11.4. The minimum atomic E-state index is -1.06. The third-order valence-corrected chi connectivity index (χ3v) is 2.81. The van der Waals surface area contributed by atoms with Gasteiger partial charge in [-0.05, 0) is 18.8 Å². The van der Waals surface area contributed by atoms with Crippen molar-refractivity contribution in [1.82, 2.24) is 5.32 Å². The molecule has 3 atom stereocenters. The van der Waals surface area contributed by atoms with Gasteiger partial charge in [0.05, 0.1) is 13.2 Å². The highest BCUT2D eigenvalue weighted by molar-refractivity contribution is 5.80. The topological polar surface area (TPSA) is 84.9 Å². The van der Waals surface area contributed by atoms with Crippen molar-refractivity contribution < 1.29 is 24.2 Å². The Bertz CT molecular complexity index is 304. The second-order valence-electron chi connectivity index (χ2n) is 3.88. The maximum Gasteiger partial charge on any atom is 0.407 e. The molecule has 0 spiro atoms. The zero-order valence-electron chi connectivity index (χ0n) is 9.72. The molecule has 6 nitrogen and oxygen atoms in total. The van der Waals surface area contributed by atoms with Crippen molar-refractivity contribution in [3.63, 3.8) is 0 Å². The molecule has 0 bridgehead atoms. The molecule has 17 heavy (non-hydrogen) atoms. The number of hydrogen-bond acceptors (Lipinski definition) is 4. The van der Waals surface area contributed by atoms with Crippen LogP contribution in [0.5, 0.6) is 0 Å². The van der Waals surface area contributed by atoms with E-state index in [0.29, 0.717) is 19.4 Å². The van der Waals surface area contributed by atoms with Gasteiger partial charge in [-0.1, -0.05) is 6.08 Å². The average molecular weight is 243 g/mol. The molecule has 96 valence electrons. The van der Waals surface area contributed by atoms with Crippen molar-refractivity contribution in [3.8, 4) is 0 Å². The number of carboxylic acid groups (broad SMARTS) is 1. The van der Waals surface area contributed by atoms with Crippen LogP contribution >= 0.6 is 0 Å². The Morgan fingerprint density at radius 1 is 1.65 bits per heavy atom. The van der Waals surface area contributed by atoms with Crippen molar-refractivity contribution in [2.24, 2.45) is 5.92 Å². The fourth-order valence-electron chi connectivity index (χ4n) is 1.89. The van der Waals surface area contributed by atoms with Gasteiger partial charge in [-0.15, -0.1) is 6.58 Å². The molecule has 0 aliphatic carbocycles. The summed E-state index contributed by atoms with van der Waals surface area (Å²) in [6.07, 6.45) is 1.87. The lowest BCUT2D eigenvalue weighted by atomic mass is 9.88. The van der Waals surface area contributed by atoms with Crippen LogP contribution in [-0.4, -0.2) is 43.0 Å². The Morgan fingerprint density at radius 2 is 2.35 bits per heavy atom. The van der Waals surface area contributed by atoms with Gasteiger partial charge in [0.15, 0.2) is 0 Å². The van der Waals surface area contributed by atoms with Gasteiger partial charge in [0, 0.05) is 6.61 Å². The third-order valence-electron chi connectivity index (χ3n) is 2.81. The number of carboxylic acids is 1. The summed E-state index contributed by atoms with van der Waals surface area (Å²) in [6, 6.07) is -0.950. The molecule has 2 N–H and O–H groups in total. The lowest BCUT2D eigenvalue weighted by Crippen LogP contribution is -2.48. The van der Waals surface area contributed by atoms with Crippen LogP contribution in [0.3, 0.4) is 0 Å². The Morgan fingerprint density at radius 3 is 2.88 bits per heavy atom. The molecule has 0 aromatic carbocycles. The van der Waals surface area contributed by atoms with Crippen molar-refractivity contribution in [2.45, 2.75) is 25.0 Å². The van der Waals surface area contributed by atoms with Gasteiger partial charge < -0.3 is 19.9 Å². The van der Waals surface area contributed by atoms with E-state index >= 15 is 0 Å². The number of amides is 1. The molecule has 1 fully saturated rings. The number of methoxy groups -OCH3 is 1. The van der Waals surface area contributed by atoms with E-state index in [9.17, 15) is 9.59 Å². The summed E-state index contributed by atoms with van der Waals surface area (Å²) in [5.41, 5.74) is 0. The number of nitrogens with one attached hydrogen (secondary N) is 1. The normalized spacial score (nSPS) is 25.7. The smallest absolute Gasteiger partial charge is 0.407 e. The van der Waals surface area contributed by atoms with Crippen molar-refractivity contribution in [1.29, 1.82) is 0 Å². The lowest BCUT2D eigenvalue weighted by Gasteiger charge is -2.31. The van der Waals surface area contributed by atoms with E-state index in [0.717, 1.165) is 0 Å². The molecule has 1 aliphatic rings. The second-order valence-corrected chi connectivity index (χ2v) is 3.88. The van der Waals surface area contributed by atoms with Crippen LogP contribution in [0.1, 0.15) is 12.8 Å². The molecule has 1 aliphatic heterocycles. The van der Waals surface area contributed by atoms with E-state index in [-0.39, 0.29) is 12.0 Å². The molecular weight excluding hydrogens is 226 g/mol. The minimum absolute atomic E-state index is 0.157. The van der Waals surface area contributed by atoms with Crippen LogP contribution in [0.4, 0.5) is 4.79 Å². The van der Waals surface area contributed by atoms with Gasteiger partial charge in [0.1, 0.15) is 6.04 Å². The predicted octanol–water partition coefficient (Wildman–Crippen LogP) is 0.777. The first-order valence-electron chi connectivity index (χ1n) is 5.40. The number of ether oxygens (including phenoxy) is 2. The largest absolute Gasteiger partial charge is 0.480 e. The van der Waals surface area contributed by atoms with Gasteiger partial charge in [-0.25, -0.2) is 9.59 Å². The van der Waals surface area contributed by atoms with E-state index < -0.39 is 18.1 Å². The fourth-order valence-corrected chi connectivity index (χ4v) is 1.89. The van der Waals surface area contributed by atoms with Crippen molar-refractivity contribution in [2.75, 3.05) is 13.7 Å². The molecule has 0 aromatic heterocycles. The molecule has 1 amide bonds. The van der Waals surface area contributed by atoms with E-state index in [1.165, 1.54) is 7.11 Å². The Balaban J connectivity index is 2.66. The van der Waals surface area contributed by atoms with Gasteiger partial charge in [0.25, 0.3) is 0 Å². The molecule has 1 rings (SSSR count). The lowest BCUT2D eigenvalue weighted by molar-refractivity contribution is -0.142. The number of aliphatic carboxylic acids is 1. The molecule has 6 heteroatoms. The maximum absolute atomic E-state index is 11.1. The van der Waals surface area contributed by atoms with Crippen LogP contribution in [0, 0.1) is 5.92 Å². The maximum atomic E-state index is 11.1. The van der Waals surface area contributed by atoms with E-state index in [4.69, 9.17) is 9.84 Å². The van der Waals surface area contributed by atoms with E-state index in [1.807, 2.05) is 0 Å². The summed E-state index contributed by atoms with van der Waals surface area (Å²) in [6.45, 7) is 4.08. The summed E-state index contributed by atoms with van der Waals surface area (Å²) in [7, 11) is 1.20.